The number of fused-ring (bicyclic) bond motifs is 1. The number of rotatable bonds is 6. The highest BCUT2D eigenvalue weighted by atomic mass is 16.5. The molecular weight excluding hydrogens is 354 g/mol. The van der Waals surface area contributed by atoms with E-state index in [9.17, 15) is 4.79 Å². The van der Waals surface area contributed by atoms with Crippen LogP contribution in [0, 0.1) is 0 Å². The first-order valence-electron chi connectivity index (χ1n) is 9.65. The predicted octanol–water partition coefficient (Wildman–Crippen LogP) is 3.09. The van der Waals surface area contributed by atoms with Gasteiger partial charge in [0.2, 0.25) is 5.91 Å². The first-order chi connectivity index (χ1) is 13.8. The maximum atomic E-state index is 12.7. The zero-order valence-electron chi connectivity index (χ0n) is 15.6. The molecule has 0 aliphatic carbocycles. The predicted molar refractivity (Wildman–Crippen MR) is 104 cm³/mol. The number of hydrogen-bond acceptors (Lipinski definition) is 5. The number of para-hydroxylation sites is 1. The fourth-order valence-corrected chi connectivity index (χ4v) is 3.45. The monoisotopic (exact) mass is 377 g/mol. The maximum absolute atomic E-state index is 12.7. The number of nitrogens with zero attached hydrogens (tertiary/aromatic N) is 4. The van der Waals surface area contributed by atoms with Crippen molar-refractivity contribution < 1.29 is 9.53 Å². The fourth-order valence-electron chi connectivity index (χ4n) is 3.45. The third-order valence-corrected chi connectivity index (χ3v) is 4.89. The summed E-state index contributed by atoms with van der Waals surface area (Å²) in [7, 11) is 0. The van der Waals surface area contributed by atoms with E-state index < -0.39 is 0 Å². The van der Waals surface area contributed by atoms with Gasteiger partial charge in [-0.3, -0.25) is 4.79 Å². The number of tetrazole rings is 1. The van der Waals surface area contributed by atoms with Crippen molar-refractivity contribution in [1.29, 1.82) is 0 Å². The Labute approximate surface area is 163 Å². The Morgan fingerprint density at radius 1 is 1.11 bits per heavy atom. The van der Waals surface area contributed by atoms with Crippen LogP contribution < -0.4 is 10.1 Å². The van der Waals surface area contributed by atoms with Crippen LogP contribution in [0.2, 0.25) is 0 Å². The molecule has 0 bridgehead atoms. The number of aromatic nitrogens is 4. The molecule has 1 aromatic heterocycles. The van der Waals surface area contributed by atoms with Crippen LogP contribution in [0.5, 0.6) is 11.5 Å². The number of benzene rings is 2. The fraction of sp³-hybridized carbons (Fsp3) is 0.333. The molecule has 0 fully saturated rings. The van der Waals surface area contributed by atoms with Crippen molar-refractivity contribution >= 4 is 5.91 Å². The van der Waals surface area contributed by atoms with Crippen molar-refractivity contribution in [2.75, 3.05) is 6.54 Å². The van der Waals surface area contributed by atoms with Crippen LogP contribution in [0.4, 0.5) is 0 Å². The average Bonchev–Trinajstić information content (AvgIpc) is 3.08. The molecule has 2 aromatic carbocycles. The summed E-state index contributed by atoms with van der Waals surface area (Å²) < 4.78 is 7.63. The number of hydrogen-bond donors (Lipinski definition) is 1. The first kappa shape index (κ1) is 18.2. The van der Waals surface area contributed by atoms with Gasteiger partial charge in [-0.05, 0) is 59.5 Å². The second kappa shape index (κ2) is 8.65. The normalized spacial score (nSPS) is 16.1. The van der Waals surface area contributed by atoms with Crippen molar-refractivity contribution in [2.24, 2.45) is 0 Å². The average molecular weight is 377 g/mol. The Morgan fingerprint density at radius 2 is 1.96 bits per heavy atom. The van der Waals surface area contributed by atoms with Crippen LogP contribution in [0.3, 0.4) is 0 Å². The molecule has 0 saturated heterocycles. The molecule has 28 heavy (non-hydrogen) atoms. The number of aryl methyl sites for hydroxylation is 1. The Kier molecular flexibility index (Phi) is 5.61. The van der Waals surface area contributed by atoms with E-state index in [4.69, 9.17) is 4.74 Å². The lowest BCUT2D eigenvalue weighted by molar-refractivity contribution is -0.122. The van der Waals surface area contributed by atoms with Crippen LogP contribution in [0.25, 0.3) is 0 Å². The summed E-state index contributed by atoms with van der Waals surface area (Å²) in [5.74, 6) is 1.99. The van der Waals surface area contributed by atoms with E-state index in [1.165, 1.54) is 0 Å². The molecule has 1 N–H and O–H groups in total. The summed E-state index contributed by atoms with van der Waals surface area (Å²) in [6, 6.07) is 17.6. The molecule has 0 spiro atoms. The zero-order chi connectivity index (χ0) is 19.2. The largest absolute Gasteiger partial charge is 0.457 e. The minimum Gasteiger partial charge on any atom is -0.457 e. The van der Waals surface area contributed by atoms with E-state index >= 15 is 0 Å². The van der Waals surface area contributed by atoms with Gasteiger partial charge < -0.3 is 10.1 Å². The topological polar surface area (TPSA) is 81.9 Å². The third-order valence-electron chi connectivity index (χ3n) is 4.89. The lowest BCUT2D eigenvalue weighted by atomic mass is 10.0. The Morgan fingerprint density at radius 3 is 2.86 bits per heavy atom. The minimum atomic E-state index is -0.273. The second-order valence-corrected chi connectivity index (χ2v) is 6.91. The van der Waals surface area contributed by atoms with Gasteiger partial charge in [-0.25, -0.2) is 4.68 Å². The van der Waals surface area contributed by atoms with Gasteiger partial charge in [-0.2, -0.15) is 0 Å². The zero-order valence-corrected chi connectivity index (χ0v) is 15.6. The lowest BCUT2D eigenvalue weighted by Crippen LogP contribution is -2.32. The molecule has 7 nitrogen and oxygen atoms in total. The van der Waals surface area contributed by atoms with E-state index in [0.29, 0.717) is 12.4 Å². The van der Waals surface area contributed by atoms with Crippen LogP contribution in [-0.4, -0.2) is 32.7 Å². The SMILES string of the molecule is O=C(NCCc1cccc(Oc2ccccc2)c1)C1CCCCn2nnnc21. The van der Waals surface area contributed by atoms with Gasteiger partial charge in [0.1, 0.15) is 11.5 Å². The Balaban J connectivity index is 1.33. The molecule has 2 heterocycles. The molecule has 1 unspecified atom stereocenters. The van der Waals surface area contributed by atoms with Gasteiger partial charge in [0.25, 0.3) is 0 Å². The molecule has 7 heteroatoms. The Bertz CT molecular complexity index is 925. The van der Waals surface area contributed by atoms with Crippen molar-refractivity contribution in [2.45, 2.75) is 38.1 Å². The third kappa shape index (κ3) is 4.36. The molecule has 1 aliphatic rings. The van der Waals surface area contributed by atoms with Crippen molar-refractivity contribution in [1.82, 2.24) is 25.5 Å². The highest BCUT2D eigenvalue weighted by Gasteiger charge is 2.28. The van der Waals surface area contributed by atoms with Gasteiger partial charge >= 0.3 is 0 Å². The van der Waals surface area contributed by atoms with Crippen LogP contribution in [-0.2, 0) is 17.8 Å². The smallest absolute Gasteiger partial charge is 0.230 e. The van der Waals surface area contributed by atoms with Crippen LogP contribution in [0.1, 0.15) is 36.6 Å². The standard InChI is InChI=1S/C21H23N5O2/c27-21(19-11-4-5-14-26-20(19)23-24-25-26)22-13-12-16-7-6-10-18(15-16)28-17-8-2-1-3-9-17/h1-3,6-10,15,19H,4-5,11-14H2,(H,22,27). The number of amides is 1. The summed E-state index contributed by atoms with van der Waals surface area (Å²) in [6.45, 7) is 1.34. The highest BCUT2D eigenvalue weighted by molar-refractivity contribution is 5.82. The van der Waals surface area contributed by atoms with Gasteiger partial charge in [0.15, 0.2) is 5.82 Å². The van der Waals surface area contributed by atoms with Crippen LogP contribution in [0.15, 0.2) is 54.6 Å². The lowest BCUT2D eigenvalue weighted by Gasteiger charge is -2.13. The Hall–Kier alpha value is -3.22. The van der Waals surface area contributed by atoms with Gasteiger partial charge in [0, 0.05) is 13.1 Å². The minimum absolute atomic E-state index is 0.00496. The number of carbonyl (C=O) groups is 1. The van der Waals surface area contributed by atoms with E-state index in [-0.39, 0.29) is 11.8 Å². The highest BCUT2D eigenvalue weighted by Crippen LogP contribution is 2.24. The van der Waals surface area contributed by atoms with Gasteiger partial charge in [-0.1, -0.05) is 36.8 Å². The molecule has 4 rings (SSSR count). The van der Waals surface area contributed by atoms with E-state index in [1.807, 2.05) is 54.6 Å². The molecule has 1 amide bonds. The van der Waals surface area contributed by atoms with E-state index in [2.05, 4.69) is 20.8 Å². The number of ether oxygens (including phenoxy) is 1. The first-order valence-corrected chi connectivity index (χ1v) is 9.65. The molecular formula is C21H23N5O2. The molecule has 144 valence electrons. The molecule has 1 aliphatic heterocycles. The summed E-state index contributed by atoms with van der Waals surface area (Å²) in [5, 5.41) is 14.8. The summed E-state index contributed by atoms with van der Waals surface area (Å²) >= 11 is 0. The second-order valence-electron chi connectivity index (χ2n) is 6.91. The maximum Gasteiger partial charge on any atom is 0.230 e. The summed E-state index contributed by atoms with van der Waals surface area (Å²) in [4.78, 5) is 12.7. The summed E-state index contributed by atoms with van der Waals surface area (Å²) in [6.07, 6.45) is 3.50. The number of nitrogens with one attached hydrogen (secondary N) is 1. The molecule has 0 radical (unpaired) electrons. The quantitative estimate of drug-likeness (QED) is 0.714. The van der Waals surface area contributed by atoms with Gasteiger partial charge in [-0.15, -0.1) is 5.10 Å². The van der Waals surface area contributed by atoms with Gasteiger partial charge in [0.05, 0.1) is 5.92 Å². The van der Waals surface area contributed by atoms with Crippen molar-refractivity contribution in [3.05, 3.63) is 66.0 Å². The van der Waals surface area contributed by atoms with Crippen molar-refractivity contribution in [3.8, 4) is 11.5 Å². The molecule has 3 aromatic rings. The molecule has 1 atom stereocenters. The van der Waals surface area contributed by atoms with E-state index in [0.717, 1.165) is 49.3 Å². The molecule has 0 saturated carbocycles. The van der Waals surface area contributed by atoms with E-state index in [1.54, 1.807) is 4.68 Å². The van der Waals surface area contributed by atoms with Crippen LogP contribution >= 0.6 is 0 Å². The summed E-state index contributed by atoms with van der Waals surface area (Å²) in [5.41, 5.74) is 1.11. The number of carbonyl (C=O) groups excluding carboxylic acids is 1. The van der Waals surface area contributed by atoms with Crippen molar-refractivity contribution in [3.63, 3.8) is 0 Å².